The molecule has 32 heavy (non-hydrogen) atoms. The summed E-state index contributed by atoms with van der Waals surface area (Å²) in [5.41, 5.74) is 0.985. The van der Waals surface area contributed by atoms with Gasteiger partial charge in [0.15, 0.2) is 0 Å². The minimum atomic E-state index is -3.74. The lowest BCUT2D eigenvalue weighted by atomic mass is 10.1. The number of methoxy groups -OCH3 is 1. The highest BCUT2D eigenvalue weighted by Gasteiger charge is 2.35. The molecule has 11 heteroatoms. The van der Waals surface area contributed by atoms with E-state index in [4.69, 9.17) is 16.3 Å². The Morgan fingerprint density at radius 2 is 1.69 bits per heavy atom. The van der Waals surface area contributed by atoms with E-state index >= 15 is 0 Å². The Labute approximate surface area is 184 Å². The molecule has 0 saturated carbocycles. The zero-order chi connectivity index (χ0) is 22.9. The molecule has 8 nitrogen and oxygen atoms in total. The minimum absolute atomic E-state index is 0.0340. The molecular weight excluding hydrogens is 446 g/mol. The topological polar surface area (TPSA) is 106 Å². The predicted molar refractivity (Wildman–Crippen MR) is 114 cm³/mol. The number of ether oxygens (including phenoxy) is 1. The number of aromatic nitrogens is 2. The van der Waals surface area contributed by atoms with Gasteiger partial charge < -0.3 is 19.9 Å². The van der Waals surface area contributed by atoms with Gasteiger partial charge in [-0.05, 0) is 41.4 Å². The third kappa shape index (κ3) is 4.30. The first-order valence-corrected chi connectivity index (χ1v) is 9.62. The molecule has 0 spiro atoms. The molecule has 0 aliphatic heterocycles. The quantitative estimate of drug-likeness (QED) is 0.300. The molecule has 0 aliphatic rings. The van der Waals surface area contributed by atoms with Gasteiger partial charge in [-0.3, -0.25) is 9.59 Å². The van der Waals surface area contributed by atoms with Gasteiger partial charge >= 0.3 is 11.3 Å². The maximum atomic E-state index is 13.0. The summed E-state index contributed by atoms with van der Waals surface area (Å²) in [5, 5.41) is 5.62. The van der Waals surface area contributed by atoms with Crippen LogP contribution in [0.15, 0.2) is 62.6 Å². The Hall–Kier alpha value is -3.79. The van der Waals surface area contributed by atoms with E-state index in [-0.39, 0.29) is 23.7 Å². The third-order valence-electron chi connectivity index (χ3n) is 4.62. The lowest BCUT2D eigenvalue weighted by Crippen LogP contribution is -2.36. The van der Waals surface area contributed by atoms with Crippen molar-refractivity contribution in [2.45, 2.75) is 11.9 Å². The molecule has 1 heterocycles. The summed E-state index contributed by atoms with van der Waals surface area (Å²) in [7, 11) is 1.55. The summed E-state index contributed by atoms with van der Waals surface area (Å²) < 4.78 is 35.6. The fourth-order valence-electron chi connectivity index (χ4n) is 2.92. The summed E-state index contributed by atoms with van der Waals surface area (Å²) in [6.07, 6.45) is 0. The fourth-order valence-corrected chi connectivity index (χ4v) is 2.99. The summed E-state index contributed by atoms with van der Waals surface area (Å²) in [5.74, 6) is -0.360. The molecule has 164 valence electrons. The Morgan fingerprint density at radius 3 is 2.28 bits per heavy atom. The van der Waals surface area contributed by atoms with Crippen molar-refractivity contribution >= 4 is 28.7 Å². The minimum Gasteiger partial charge on any atom is -0.497 e. The summed E-state index contributed by atoms with van der Waals surface area (Å²) in [6, 6.07) is 13.5. The van der Waals surface area contributed by atoms with Crippen LogP contribution < -0.4 is 26.2 Å². The highest BCUT2D eigenvalue weighted by molar-refractivity contribution is 6.21. The number of benzene rings is 2. The number of rotatable bonds is 8. The number of alkyl halides is 3. The first-order valence-electron chi connectivity index (χ1n) is 9.24. The molecule has 4 aromatic rings. The van der Waals surface area contributed by atoms with Gasteiger partial charge in [0.25, 0.3) is 10.9 Å². The van der Waals surface area contributed by atoms with Crippen LogP contribution in [0.25, 0.3) is 11.4 Å². The molecule has 0 unspecified atom stereocenters. The van der Waals surface area contributed by atoms with Crippen LogP contribution in [0, 0.1) is 0 Å². The van der Waals surface area contributed by atoms with E-state index in [0.29, 0.717) is 17.0 Å². The Kier molecular flexibility index (Phi) is 5.62. The van der Waals surface area contributed by atoms with Crippen LogP contribution in [0.2, 0.25) is 0 Å². The monoisotopic (exact) mass is 460 g/mol. The van der Waals surface area contributed by atoms with Crippen LogP contribution in [0.5, 0.6) is 5.75 Å². The number of anilines is 3. The summed E-state index contributed by atoms with van der Waals surface area (Å²) >= 11 is 4.87. The third-order valence-corrected chi connectivity index (χ3v) is 4.78. The zero-order valence-electron chi connectivity index (χ0n) is 16.5. The molecule has 0 atom stereocenters. The maximum absolute atomic E-state index is 13.0. The summed E-state index contributed by atoms with van der Waals surface area (Å²) in [4.78, 5) is 27.5. The van der Waals surface area contributed by atoms with E-state index < -0.39 is 22.1 Å². The number of nitrogens with one attached hydrogen (secondary N) is 2. The molecule has 1 aromatic heterocycles. The predicted octanol–water partition coefficient (Wildman–Crippen LogP) is 3.99. The van der Waals surface area contributed by atoms with Crippen LogP contribution in [0.1, 0.15) is 11.5 Å². The lowest BCUT2D eigenvalue weighted by molar-refractivity contribution is 0.0551. The lowest BCUT2D eigenvalue weighted by Gasteiger charge is -2.15. The zero-order valence-corrected chi connectivity index (χ0v) is 17.2. The average molecular weight is 461 g/mol. The van der Waals surface area contributed by atoms with E-state index in [1.807, 2.05) is 0 Å². The highest BCUT2D eigenvalue weighted by Crippen LogP contribution is 2.32. The second-order valence-corrected chi connectivity index (χ2v) is 7.21. The molecular formula is C21H15ClF2N4O4. The normalized spacial score (nSPS) is 11.5. The molecule has 0 radical (unpaired) electrons. The first kappa shape index (κ1) is 21.4. The van der Waals surface area contributed by atoms with Gasteiger partial charge in [-0.2, -0.15) is 13.8 Å². The Morgan fingerprint density at radius 1 is 1.03 bits per heavy atom. The van der Waals surface area contributed by atoms with Crippen molar-refractivity contribution in [2.75, 3.05) is 17.7 Å². The number of hydrogen-bond donors (Lipinski definition) is 2. The molecule has 2 N–H and O–H groups in total. The van der Waals surface area contributed by atoms with Gasteiger partial charge in [-0.15, -0.1) is 0 Å². The number of halogens is 3. The first-order chi connectivity index (χ1) is 15.3. The number of hydrogen-bond acceptors (Lipinski definition) is 8. The largest absolute Gasteiger partial charge is 0.497 e. The van der Waals surface area contributed by atoms with Gasteiger partial charge in [0.1, 0.15) is 17.1 Å². The standard InChI is InChI=1S/C21H15ClF2N4O4/c1-31-14-8-6-13(7-9-14)26-16-15(17(29)18(16)30)25-10-11-2-4-12(5-3-11)19-27-20(32-28-19)21(22,23)24/h2-9,25-26H,10H2,1H3. The van der Waals surface area contributed by atoms with Crippen molar-refractivity contribution < 1.29 is 18.0 Å². The molecule has 4 rings (SSSR count). The maximum Gasteiger partial charge on any atom is 0.400 e. The smallest absolute Gasteiger partial charge is 0.400 e. The fraction of sp³-hybridized carbons (Fsp3) is 0.143. The van der Waals surface area contributed by atoms with Crippen molar-refractivity contribution in [1.29, 1.82) is 0 Å². The summed E-state index contributed by atoms with van der Waals surface area (Å²) in [6.45, 7) is 0.250. The van der Waals surface area contributed by atoms with E-state index in [9.17, 15) is 18.4 Å². The van der Waals surface area contributed by atoms with Crippen LogP contribution >= 0.6 is 11.6 Å². The highest BCUT2D eigenvalue weighted by atomic mass is 35.5. The van der Waals surface area contributed by atoms with Gasteiger partial charge in [-0.25, -0.2) is 0 Å². The number of nitrogens with zero attached hydrogens (tertiary/aromatic N) is 2. The van der Waals surface area contributed by atoms with E-state index in [1.54, 1.807) is 55.6 Å². The van der Waals surface area contributed by atoms with Gasteiger partial charge in [0, 0.05) is 17.8 Å². The van der Waals surface area contributed by atoms with Gasteiger partial charge in [-0.1, -0.05) is 29.4 Å². The van der Waals surface area contributed by atoms with E-state index in [2.05, 4.69) is 25.3 Å². The molecule has 0 amide bonds. The Balaban J connectivity index is 1.43. The second-order valence-electron chi connectivity index (χ2n) is 6.73. The van der Waals surface area contributed by atoms with Crippen molar-refractivity contribution in [3.8, 4) is 17.1 Å². The molecule has 0 aliphatic carbocycles. The van der Waals surface area contributed by atoms with Crippen LogP contribution in [0.3, 0.4) is 0 Å². The van der Waals surface area contributed by atoms with Crippen LogP contribution in [-0.2, 0) is 11.9 Å². The van der Waals surface area contributed by atoms with Crippen molar-refractivity contribution in [1.82, 2.24) is 10.1 Å². The van der Waals surface area contributed by atoms with Gasteiger partial charge in [0.2, 0.25) is 5.82 Å². The average Bonchev–Trinajstić information content (AvgIpc) is 3.30. The molecule has 0 fully saturated rings. The molecule has 0 bridgehead atoms. The van der Waals surface area contributed by atoms with E-state index in [0.717, 1.165) is 5.56 Å². The SMILES string of the molecule is COc1ccc(Nc2c(NCc3ccc(-c4noc(C(F)(F)Cl)n4)cc3)c(=O)c2=O)cc1. The van der Waals surface area contributed by atoms with Crippen molar-refractivity contribution in [2.24, 2.45) is 0 Å². The van der Waals surface area contributed by atoms with Crippen LogP contribution in [0.4, 0.5) is 25.8 Å². The van der Waals surface area contributed by atoms with Crippen molar-refractivity contribution in [3.63, 3.8) is 0 Å². The van der Waals surface area contributed by atoms with E-state index in [1.165, 1.54) is 0 Å². The molecule has 0 saturated heterocycles. The van der Waals surface area contributed by atoms with Gasteiger partial charge in [0.05, 0.1) is 7.11 Å². The van der Waals surface area contributed by atoms with Crippen molar-refractivity contribution in [3.05, 3.63) is 80.4 Å². The Bertz CT molecular complexity index is 1310. The van der Waals surface area contributed by atoms with Crippen LogP contribution in [-0.4, -0.2) is 17.3 Å². The second kappa shape index (κ2) is 8.39. The molecule has 3 aromatic carbocycles.